The smallest absolute Gasteiger partial charge is 0.226 e. The van der Waals surface area contributed by atoms with Crippen molar-refractivity contribution < 1.29 is 18.7 Å². The SMILES string of the molecule is COc1cc(NC(=O)C[C@H](c2ccco2)n2cccc2)cc(OC)c1. The molecule has 6 nitrogen and oxygen atoms in total. The molecule has 0 fully saturated rings. The van der Waals surface area contributed by atoms with E-state index in [9.17, 15) is 4.79 Å². The minimum atomic E-state index is -0.211. The third-order valence-electron chi connectivity index (χ3n) is 3.87. The molecule has 0 spiro atoms. The Morgan fingerprint density at radius 2 is 1.80 bits per heavy atom. The Morgan fingerprint density at radius 3 is 2.36 bits per heavy atom. The molecule has 0 aliphatic carbocycles. The van der Waals surface area contributed by atoms with Crippen LogP contribution in [0, 0.1) is 0 Å². The lowest BCUT2D eigenvalue weighted by Gasteiger charge is -2.17. The third-order valence-corrected chi connectivity index (χ3v) is 3.87. The number of rotatable bonds is 7. The maximum atomic E-state index is 12.6. The highest BCUT2D eigenvalue weighted by Crippen LogP contribution is 2.27. The molecule has 130 valence electrons. The van der Waals surface area contributed by atoms with Gasteiger partial charge in [0.05, 0.1) is 32.9 Å². The maximum Gasteiger partial charge on any atom is 0.226 e. The monoisotopic (exact) mass is 340 g/mol. The number of anilines is 1. The number of benzene rings is 1. The van der Waals surface area contributed by atoms with E-state index in [4.69, 9.17) is 13.9 Å². The van der Waals surface area contributed by atoms with Crippen molar-refractivity contribution in [1.29, 1.82) is 0 Å². The largest absolute Gasteiger partial charge is 0.497 e. The van der Waals surface area contributed by atoms with Crippen molar-refractivity contribution in [1.82, 2.24) is 4.57 Å². The lowest BCUT2D eigenvalue weighted by molar-refractivity contribution is -0.116. The van der Waals surface area contributed by atoms with Crippen LogP contribution in [0.2, 0.25) is 0 Å². The van der Waals surface area contributed by atoms with E-state index in [1.54, 1.807) is 38.7 Å². The zero-order valence-corrected chi connectivity index (χ0v) is 14.1. The van der Waals surface area contributed by atoms with E-state index in [0.717, 1.165) is 5.76 Å². The predicted octanol–water partition coefficient (Wildman–Crippen LogP) is 3.72. The molecule has 0 aliphatic rings. The number of furan rings is 1. The van der Waals surface area contributed by atoms with Crippen LogP contribution in [0.3, 0.4) is 0 Å². The first-order valence-electron chi connectivity index (χ1n) is 7.88. The Kier molecular flexibility index (Phi) is 5.09. The lowest BCUT2D eigenvalue weighted by atomic mass is 10.1. The summed E-state index contributed by atoms with van der Waals surface area (Å²) in [5.74, 6) is 1.82. The van der Waals surface area contributed by atoms with Crippen LogP contribution in [0.25, 0.3) is 0 Å². The van der Waals surface area contributed by atoms with E-state index in [0.29, 0.717) is 17.2 Å². The van der Waals surface area contributed by atoms with E-state index in [1.165, 1.54) is 0 Å². The van der Waals surface area contributed by atoms with E-state index in [1.807, 2.05) is 41.2 Å². The third kappa shape index (κ3) is 4.03. The Bertz CT molecular complexity index is 754. The number of amides is 1. The summed E-state index contributed by atoms with van der Waals surface area (Å²) in [6.45, 7) is 0. The second-order valence-corrected chi connectivity index (χ2v) is 5.52. The Morgan fingerprint density at radius 1 is 1.12 bits per heavy atom. The molecular weight excluding hydrogens is 320 g/mol. The number of carbonyl (C=O) groups is 1. The summed E-state index contributed by atoms with van der Waals surface area (Å²) in [6, 6.07) is 12.6. The molecule has 3 rings (SSSR count). The van der Waals surface area contributed by atoms with Gasteiger partial charge in [-0.2, -0.15) is 0 Å². The van der Waals surface area contributed by atoms with Crippen LogP contribution in [0.15, 0.2) is 65.5 Å². The highest BCUT2D eigenvalue weighted by molar-refractivity contribution is 5.91. The van der Waals surface area contributed by atoms with Gasteiger partial charge >= 0.3 is 0 Å². The van der Waals surface area contributed by atoms with Gasteiger partial charge in [0.15, 0.2) is 0 Å². The van der Waals surface area contributed by atoms with Gasteiger partial charge in [-0.15, -0.1) is 0 Å². The molecule has 0 unspecified atom stereocenters. The summed E-state index contributed by atoms with van der Waals surface area (Å²) in [5, 5.41) is 2.89. The number of carbonyl (C=O) groups excluding carboxylic acids is 1. The van der Waals surface area contributed by atoms with Crippen LogP contribution in [0.4, 0.5) is 5.69 Å². The highest BCUT2D eigenvalue weighted by Gasteiger charge is 2.20. The molecule has 1 N–H and O–H groups in total. The molecule has 6 heteroatoms. The number of aromatic nitrogens is 1. The van der Waals surface area contributed by atoms with Crippen LogP contribution < -0.4 is 14.8 Å². The van der Waals surface area contributed by atoms with Gasteiger partial charge in [0.25, 0.3) is 0 Å². The Labute approximate surface area is 146 Å². The van der Waals surface area contributed by atoms with E-state index < -0.39 is 0 Å². The first-order chi connectivity index (χ1) is 12.2. The predicted molar refractivity (Wildman–Crippen MR) is 94.1 cm³/mol. The summed E-state index contributed by atoms with van der Waals surface area (Å²) in [7, 11) is 3.14. The van der Waals surface area contributed by atoms with Crippen molar-refractivity contribution in [2.75, 3.05) is 19.5 Å². The molecule has 0 saturated heterocycles. The summed E-state index contributed by atoms with van der Waals surface area (Å²) in [4.78, 5) is 12.6. The molecule has 0 bridgehead atoms. The van der Waals surface area contributed by atoms with Gasteiger partial charge in [-0.3, -0.25) is 4.79 Å². The van der Waals surface area contributed by atoms with Gasteiger partial charge in [0.1, 0.15) is 17.3 Å². The van der Waals surface area contributed by atoms with Gasteiger partial charge in [-0.1, -0.05) is 0 Å². The first kappa shape index (κ1) is 16.7. The topological polar surface area (TPSA) is 65.6 Å². The van der Waals surface area contributed by atoms with Crippen molar-refractivity contribution >= 4 is 11.6 Å². The van der Waals surface area contributed by atoms with Crippen molar-refractivity contribution in [3.05, 3.63) is 66.9 Å². The standard InChI is InChI=1S/C19H20N2O4/c1-23-15-10-14(11-16(12-15)24-2)20-19(22)13-17(18-6-5-9-25-18)21-7-3-4-8-21/h3-12,17H,13H2,1-2H3,(H,20,22)/t17-/m1/s1. The zero-order chi connectivity index (χ0) is 17.6. The Hall–Kier alpha value is -3.15. The minimum Gasteiger partial charge on any atom is -0.497 e. The normalized spacial score (nSPS) is 11.8. The molecule has 3 aromatic rings. The second-order valence-electron chi connectivity index (χ2n) is 5.52. The molecule has 0 radical (unpaired) electrons. The number of methoxy groups -OCH3 is 2. The minimum absolute atomic E-state index is 0.134. The summed E-state index contributed by atoms with van der Waals surface area (Å²) in [5.41, 5.74) is 0.618. The van der Waals surface area contributed by atoms with Crippen LogP contribution in [-0.4, -0.2) is 24.7 Å². The van der Waals surface area contributed by atoms with Crippen LogP contribution in [0.5, 0.6) is 11.5 Å². The van der Waals surface area contributed by atoms with Gasteiger partial charge in [-0.05, 0) is 24.3 Å². The summed E-state index contributed by atoms with van der Waals surface area (Å²) >= 11 is 0. The van der Waals surface area contributed by atoms with Gasteiger partial charge in [0, 0.05) is 36.3 Å². The molecule has 25 heavy (non-hydrogen) atoms. The number of nitrogens with one attached hydrogen (secondary N) is 1. The van der Waals surface area contributed by atoms with E-state index >= 15 is 0 Å². The first-order valence-corrected chi connectivity index (χ1v) is 7.88. The molecule has 2 aromatic heterocycles. The van der Waals surface area contributed by atoms with Crippen molar-refractivity contribution in [3.63, 3.8) is 0 Å². The van der Waals surface area contributed by atoms with Crippen molar-refractivity contribution in [2.24, 2.45) is 0 Å². The Balaban J connectivity index is 1.76. The molecule has 1 atom stereocenters. The molecule has 2 heterocycles. The zero-order valence-electron chi connectivity index (χ0n) is 14.1. The summed E-state index contributed by atoms with van der Waals surface area (Å²) < 4.78 is 17.9. The average Bonchev–Trinajstić information content (AvgIpc) is 3.33. The highest BCUT2D eigenvalue weighted by atomic mass is 16.5. The lowest BCUT2D eigenvalue weighted by Crippen LogP contribution is -2.19. The van der Waals surface area contributed by atoms with Gasteiger partial charge < -0.3 is 23.8 Å². The van der Waals surface area contributed by atoms with Crippen LogP contribution >= 0.6 is 0 Å². The fourth-order valence-corrected chi connectivity index (χ4v) is 2.66. The number of ether oxygens (including phenoxy) is 2. The number of hydrogen-bond donors (Lipinski definition) is 1. The average molecular weight is 340 g/mol. The quantitative estimate of drug-likeness (QED) is 0.712. The van der Waals surface area contributed by atoms with Crippen LogP contribution in [0.1, 0.15) is 18.2 Å². The van der Waals surface area contributed by atoms with Crippen molar-refractivity contribution in [2.45, 2.75) is 12.5 Å². The maximum absolute atomic E-state index is 12.6. The molecular formula is C19H20N2O4. The van der Waals surface area contributed by atoms with Crippen molar-refractivity contribution in [3.8, 4) is 11.5 Å². The number of nitrogens with zero attached hydrogens (tertiary/aromatic N) is 1. The molecule has 0 aliphatic heterocycles. The summed E-state index contributed by atoms with van der Waals surface area (Å²) in [6.07, 6.45) is 5.67. The molecule has 1 aromatic carbocycles. The van der Waals surface area contributed by atoms with Gasteiger partial charge in [0.2, 0.25) is 5.91 Å². The number of hydrogen-bond acceptors (Lipinski definition) is 4. The molecule has 0 saturated carbocycles. The fourth-order valence-electron chi connectivity index (χ4n) is 2.66. The second kappa shape index (κ2) is 7.61. The van der Waals surface area contributed by atoms with Crippen LogP contribution in [-0.2, 0) is 4.79 Å². The fraction of sp³-hybridized carbons (Fsp3) is 0.211. The van der Waals surface area contributed by atoms with Gasteiger partial charge in [-0.25, -0.2) is 0 Å². The van der Waals surface area contributed by atoms with E-state index in [2.05, 4.69) is 5.32 Å². The van der Waals surface area contributed by atoms with E-state index in [-0.39, 0.29) is 18.4 Å². The molecule has 1 amide bonds.